The third-order valence-electron chi connectivity index (χ3n) is 3.40. The normalized spacial score (nSPS) is 30.0. The van der Waals surface area contributed by atoms with E-state index in [1.807, 2.05) is 4.90 Å². The number of hydrogen-bond donors (Lipinski definition) is 2. The van der Waals surface area contributed by atoms with Crippen LogP contribution < -0.4 is 5.32 Å². The first-order valence-electron chi connectivity index (χ1n) is 6.10. The highest BCUT2D eigenvalue weighted by Gasteiger charge is 2.35. The summed E-state index contributed by atoms with van der Waals surface area (Å²) in [6, 6.07) is -0.298. The summed E-state index contributed by atoms with van der Waals surface area (Å²) >= 11 is 0. The zero-order chi connectivity index (χ0) is 12.3. The van der Waals surface area contributed by atoms with Crippen molar-refractivity contribution in [2.24, 2.45) is 0 Å². The molecule has 1 amide bonds. The van der Waals surface area contributed by atoms with Gasteiger partial charge in [0.2, 0.25) is 5.91 Å². The molecule has 2 aliphatic rings. The Kier molecular flexibility index (Phi) is 3.78. The summed E-state index contributed by atoms with van der Waals surface area (Å²) in [4.78, 5) is 24.6. The highest BCUT2D eigenvalue weighted by Crippen LogP contribution is 2.21. The second-order valence-electron chi connectivity index (χ2n) is 4.57. The van der Waals surface area contributed by atoms with E-state index >= 15 is 0 Å². The molecule has 17 heavy (non-hydrogen) atoms. The van der Waals surface area contributed by atoms with Gasteiger partial charge in [-0.1, -0.05) is 12.2 Å². The first kappa shape index (κ1) is 12.1. The van der Waals surface area contributed by atoms with Crippen molar-refractivity contribution in [1.82, 2.24) is 10.2 Å². The van der Waals surface area contributed by atoms with Crippen molar-refractivity contribution in [3.8, 4) is 0 Å². The third-order valence-corrected chi connectivity index (χ3v) is 3.40. The Bertz CT molecular complexity index is 341. The number of carboxylic acid groups (broad SMARTS) is 1. The van der Waals surface area contributed by atoms with Crippen LogP contribution in [0.5, 0.6) is 0 Å². The standard InChI is InChI=1S/C12H18N2O3/c15-11(16)8-10-12(17)13-6-7-14(10)9-4-2-1-3-5-9/h2,4,9-10H,1,3,5-8H2,(H,13,17)(H,15,16). The third kappa shape index (κ3) is 2.85. The largest absolute Gasteiger partial charge is 0.481 e. The van der Waals surface area contributed by atoms with Gasteiger partial charge in [0.15, 0.2) is 0 Å². The van der Waals surface area contributed by atoms with Crippen LogP contribution in [0.15, 0.2) is 12.2 Å². The number of piperazine rings is 1. The fourth-order valence-corrected chi connectivity index (χ4v) is 2.58. The van der Waals surface area contributed by atoms with Crippen LogP contribution >= 0.6 is 0 Å². The van der Waals surface area contributed by atoms with Crippen molar-refractivity contribution in [2.45, 2.75) is 37.8 Å². The molecule has 0 aromatic heterocycles. The number of allylic oxidation sites excluding steroid dienone is 1. The molecular formula is C12H18N2O3. The summed E-state index contributed by atoms with van der Waals surface area (Å²) in [6.07, 6.45) is 7.32. The minimum absolute atomic E-state index is 0.115. The smallest absolute Gasteiger partial charge is 0.305 e. The fraction of sp³-hybridized carbons (Fsp3) is 0.667. The molecule has 1 aliphatic carbocycles. The van der Waals surface area contributed by atoms with Gasteiger partial charge in [-0.15, -0.1) is 0 Å². The van der Waals surface area contributed by atoms with Gasteiger partial charge in [0.1, 0.15) is 6.04 Å². The number of hydrogen-bond acceptors (Lipinski definition) is 3. The maximum Gasteiger partial charge on any atom is 0.305 e. The van der Waals surface area contributed by atoms with Crippen LogP contribution in [0.4, 0.5) is 0 Å². The van der Waals surface area contributed by atoms with Gasteiger partial charge in [-0.05, 0) is 19.3 Å². The fourth-order valence-electron chi connectivity index (χ4n) is 2.58. The van der Waals surface area contributed by atoms with Crippen molar-refractivity contribution in [2.75, 3.05) is 13.1 Å². The number of carbonyl (C=O) groups excluding carboxylic acids is 1. The van der Waals surface area contributed by atoms with E-state index in [2.05, 4.69) is 17.5 Å². The van der Waals surface area contributed by atoms with Crippen LogP contribution in [0.3, 0.4) is 0 Å². The SMILES string of the molecule is O=C(O)CC1C(=O)NCCN1C1C=CCCC1. The molecule has 0 aromatic rings. The molecule has 1 fully saturated rings. The summed E-state index contributed by atoms with van der Waals surface area (Å²) in [5.41, 5.74) is 0. The Morgan fingerprint density at radius 1 is 1.59 bits per heavy atom. The molecule has 0 radical (unpaired) electrons. The van der Waals surface area contributed by atoms with E-state index in [1.54, 1.807) is 0 Å². The van der Waals surface area contributed by atoms with Gasteiger partial charge >= 0.3 is 5.97 Å². The quantitative estimate of drug-likeness (QED) is 0.697. The van der Waals surface area contributed by atoms with Crippen molar-refractivity contribution < 1.29 is 14.7 Å². The molecule has 2 unspecified atom stereocenters. The monoisotopic (exact) mass is 238 g/mol. The van der Waals surface area contributed by atoms with Crippen LogP contribution in [-0.4, -0.2) is 47.1 Å². The summed E-state index contributed by atoms with van der Waals surface area (Å²) in [7, 11) is 0. The topological polar surface area (TPSA) is 69.6 Å². The highest BCUT2D eigenvalue weighted by molar-refractivity contribution is 5.86. The summed E-state index contributed by atoms with van der Waals surface area (Å²) in [5, 5.41) is 11.6. The number of rotatable bonds is 3. The molecule has 0 saturated carbocycles. The lowest BCUT2D eigenvalue weighted by Gasteiger charge is -2.39. The van der Waals surface area contributed by atoms with Crippen molar-refractivity contribution in [1.29, 1.82) is 0 Å². The van der Waals surface area contributed by atoms with Gasteiger partial charge in [-0.2, -0.15) is 0 Å². The predicted molar refractivity (Wildman–Crippen MR) is 62.5 cm³/mol. The van der Waals surface area contributed by atoms with Crippen LogP contribution in [0.1, 0.15) is 25.7 Å². The average Bonchev–Trinajstić information content (AvgIpc) is 2.32. The molecule has 0 bridgehead atoms. The maximum atomic E-state index is 11.7. The van der Waals surface area contributed by atoms with Gasteiger partial charge in [-0.25, -0.2) is 0 Å². The van der Waals surface area contributed by atoms with Crippen LogP contribution in [-0.2, 0) is 9.59 Å². The number of nitrogens with one attached hydrogen (secondary N) is 1. The van der Waals surface area contributed by atoms with Crippen LogP contribution in [0, 0.1) is 0 Å². The highest BCUT2D eigenvalue weighted by atomic mass is 16.4. The molecule has 2 N–H and O–H groups in total. The first-order chi connectivity index (χ1) is 8.18. The Hall–Kier alpha value is -1.36. The van der Waals surface area contributed by atoms with Crippen molar-refractivity contribution in [3.05, 3.63) is 12.2 Å². The average molecular weight is 238 g/mol. The van der Waals surface area contributed by atoms with Gasteiger partial charge in [0.25, 0.3) is 0 Å². The zero-order valence-corrected chi connectivity index (χ0v) is 9.76. The Morgan fingerprint density at radius 3 is 3.06 bits per heavy atom. The number of amides is 1. The van der Waals surface area contributed by atoms with Crippen molar-refractivity contribution >= 4 is 11.9 Å². The lowest BCUT2D eigenvalue weighted by molar-refractivity contribution is -0.143. The molecule has 2 atom stereocenters. The van der Waals surface area contributed by atoms with E-state index in [9.17, 15) is 9.59 Å². The van der Waals surface area contributed by atoms with E-state index in [0.29, 0.717) is 6.54 Å². The zero-order valence-electron chi connectivity index (χ0n) is 9.76. The molecule has 0 aromatic carbocycles. The Labute approximate surface area is 100 Å². The second kappa shape index (κ2) is 5.31. The van der Waals surface area contributed by atoms with E-state index in [4.69, 9.17) is 5.11 Å². The van der Waals surface area contributed by atoms with Gasteiger partial charge in [0, 0.05) is 19.1 Å². The van der Waals surface area contributed by atoms with E-state index < -0.39 is 12.0 Å². The minimum atomic E-state index is -0.920. The van der Waals surface area contributed by atoms with Gasteiger partial charge in [-0.3, -0.25) is 14.5 Å². The number of carboxylic acids is 1. The molecule has 5 nitrogen and oxygen atoms in total. The lowest BCUT2D eigenvalue weighted by atomic mass is 9.97. The lowest BCUT2D eigenvalue weighted by Crippen LogP contribution is -2.58. The van der Waals surface area contributed by atoms with E-state index in [0.717, 1.165) is 25.8 Å². The molecular weight excluding hydrogens is 220 g/mol. The Balaban J connectivity index is 2.10. The molecule has 1 heterocycles. The molecule has 5 heteroatoms. The minimum Gasteiger partial charge on any atom is -0.481 e. The maximum absolute atomic E-state index is 11.7. The molecule has 0 spiro atoms. The summed E-state index contributed by atoms with van der Waals surface area (Å²) < 4.78 is 0. The number of nitrogens with zero attached hydrogens (tertiary/aromatic N) is 1. The predicted octanol–water partition coefficient (Wildman–Crippen LogP) is 0.370. The van der Waals surface area contributed by atoms with Crippen molar-refractivity contribution in [3.63, 3.8) is 0 Å². The first-order valence-corrected chi connectivity index (χ1v) is 6.10. The van der Waals surface area contributed by atoms with Crippen LogP contribution in [0.25, 0.3) is 0 Å². The van der Waals surface area contributed by atoms with Gasteiger partial charge < -0.3 is 10.4 Å². The van der Waals surface area contributed by atoms with E-state index in [1.165, 1.54) is 0 Å². The Morgan fingerprint density at radius 2 is 2.41 bits per heavy atom. The van der Waals surface area contributed by atoms with Crippen LogP contribution in [0.2, 0.25) is 0 Å². The molecule has 1 aliphatic heterocycles. The molecule has 1 saturated heterocycles. The summed E-state index contributed by atoms with van der Waals surface area (Å²) in [5.74, 6) is -1.07. The molecule has 2 rings (SSSR count). The summed E-state index contributed by atoms with van der Waals surface area (Å²) in [6.45, 7) is 1.35. The molecule has 94 valence electrons. The van der Waals surface area contributed by atoms with Gasteiger partial charge in [0.05, 0.1) is 6.42 Å². The number of aliphatic carboxylic acids is 1. The van der Waals surface area contributed by atoms with E-state index in [-0.39, 0.29) is 18.4 Å². The number of carbonyl (C=O) groups is 2. The second-order valence-corrected chi connectivity index (χ2v) is 4.57.